The summed E-state index contributed by atoms with van der Waals surface area (Å²) >= 11 is 0. The number of carbonyl (C=O) groups excluding carboxylic acids is 1. The molecule has 1 N–H and O–H groups in total. The lowest BCUT2D eigenvalue weighted by atomic mass is 9.67. The van der Waals surface area contributed by atoms with E-state index in [2.05, 4.69) is 111 Å². The molecule has 0 aliphatic heterocycles. The van der Waals surface area contributed by atoms with Crippen LogP contribution in [-0.2, 0) is 9.22 Å². The fourth-order valence-corrected chi connectivity index (χ4v) is 6.74. The van der Waals surface area contributed by atoms with E-state index in [9.17, 15) is 4.79 Å². The summed E-state index contributed by atoms with van der Waals surface area (Å²) in [7, 11) is -2.00. The minimum atomic E-state index is -2.00. The maximum absolute atomic E-state index is 11.9. The molecule has 1 fully saturated rings. The van der Waals surface area contributed by atoms with Gasteiger partial charge in [-0.1, -0.05) is 84.1 Å². The maximum atomic E-state index is 11.9. The van der Waals surface area contributed by atoms with E-state index in [1.54, 1.807) is 6.92 Å². The normalized spacial score (nSPS) is 25.9. The Morgan fingerprint density at radius 1 is 1.11 bits per heavy atom. The van der Waals surface area contributed by atoms with Crippen LogP contribution in [0.15, 0.2) is 23.8 Å². The summed E-state index contributed by atoms with van der Waals surface area (Å²) in [6, 6.07) is -0.0319. The van der Waals surface area contributed by atoms with Gasteiger partial charge in [-0.3, -0.25) is 4.79 Å². The minimum absolute atomic E-state index is 0.00219. The van der Waals surface area contributed by atoms with Crippen LogP contribution in [0.3, 0.4) is 0 Å². The molecule has 3 nitrogen and oxygen atoms in total. The highest BCUT2D eigenvalue weighted by atomic mass is 28.4. The van der Waals surface area contributed by atoms with Gasteiger partial charge in [0.15, 0.2) is 8.32 Å². The standard InChI is InChI=1S/C32H57NO2Si/c1-14-20-32(11)21-16-15-17-29(32)22-23(2)18-19-24(3)25(4)26(5)30(27(6)33-28(7)34)35-36(12,13)31(8,9)10/h18-19,22,24-27,29-30H,15-17,21H2,1-13H3,(H,33,34)/b19-18+,23-22+/t24-,25-,26+,27-,29-,30+,32-/m1/s1. The van der Waals surface area contributed by atoms with Gasteiger partial charge in [0, 0.05) is 12.3 Å². The van der Waals surface area contributed by atoms with E-state index in [1.807, 2.05) is 6.92 Å². The van der Waals surface area contributed by atoms with Gasteiger partial charge in [0.2, 0.25) is 5.91 Å². The summed E-state index contributed by atoms with van der Waals surface area (Å²) in [6.45, 7) is 28.6. The Hall–Kier alpha value is -1.31. The van der Waals surface area contributed by atoms with Crippen molar-refractivity contribution < 1.29 is 9.22 Å². The molecular weight excluding hydrogens is 458 g/mol. The molecular formula is C32H57NO2Si. The molecule has 1 saturated carbocycles. The molecule has 1 aliphatic rings. The van der Waals surface area contributed by atoms with Crippen LogP contribution in [0.1, 0.15) is 102 Å². The molecule has 0 bridgehead atoms. The van der Waals surface area contributed by atoms with E-state index in [-0.39, 0.29) is 28.5 Å². The summed E-state index contributed by atoms with van der Waals surface area (Å²) < 4.78 is 6.95. The van der Waals surface area contributed by atoms with E-state index < -0.39 is 8.32 Å². The van der Waals surface area contributed by atoms with Crippen LogP contribution in [-0.4, -0.2) is 26.4 Å². The molecule has 0 unspecified atom stereocenters. The van der Waals surface area contributed by atoms with Gasteiger partial charge in [0.25, 0.3) is 0 Å². The third-order valence-corrected chi connectivity index (χ3v) is 13.6. The lowest BCUT2D eigenvalue weighted by Crippen LogP contribution is -2.53. The first kappa shape index (κ1) is 32.7. The Balaban J connectivity index is 3.06. The molecule has 0 aromatic heterocycles. The molecule has 0 aromatic carbocycles. The number of allylic oxidation sites excluding steroid dienone is 4. The molecule has 0 aromatic rings. The SMILES string of the molecule is CC#C[C@]1(C)CCCC[C@@H]1/C=C(C)/C=C/[C@@H](C)[C@@H](C)[C@H](C)[C@H](O[Si](C)(C)C(C)(C)C)[C@@H](C)NC(C)=O. The highest BCUT2D eigenvalue weighted by Crippen LogP contribution is 2.42. The summed E-state index contributed by atoms with van der Waals surface area (Å²) in [5.74, 6) is 8.33. The molecule has 1 aliphatic carbocycles. The summed E-state index contributed by atoms with van der Waals surface area (Å²) in [4.78, 5) is 11.9. The van der Waals surface area contributed by atoms with Gasteiger partial charge in [0.05, 0.1) is 12.1 Å². The van der Waals surface area contributed by atoms with Gasteiger partial charge in [-0.25, -0.2) is 0 Å². The van der Waals surface area contributed by atoms with Crippen molar-refractivity contribution in [3.63, 3.8) is 0 Å². The van der Waals surface area contributed by atoms with Crippen LogP contribution < -0.4 is 5.32 Å². The second-order valence-electron chi connectivity index (χ2n) is 13.3. The summed E-state index contributed by atoms with van der Waals surface area (Å²) in [6.07, 6.45) is 12.1. The van der Waals surface area contributed by atoms with E-state index in [0.29, 0.717) is 23.7 Å². The zero-order valence-electron chi connectivity index (χ0n) is 25.8. The Morgan fingerprint density at radius 3 is 2.25 bits per heavy atom. The van der Waals surface area contributed by atoms with Gasteiger partial charge >= 0.3 is 0 Å². The van der Waals surface area contributed by atoms with Crippen LogP contribution in [0.4, 0.5) is 0 Å². The van der Waals surface area contributed by atoms with Crippen molar-refractivity contribution in [1.82, 2.24) is 5.32 Å². The molecule has 0 heterocycles. The van der Waals surface area contributed by atoms with Crippen molar-refractivity contribution in [1.29, 1.82) is 0 Å². The first-order valence-electron chi connectivity index (χ1n) is 14.2. The number of hydrogen-bond donors (Lipinski definition) is 1. The lowest BCUT2D eigenvalue weighted by Gasteiger charge is -2.44. The van der Waals surface area contributed by atoms with Crippen molar-refractivity contribution in [2.45, 2.75) is 132 Å². The van der Waals surface area contributed by atoms with Crippen LogP contribution in [0.5, 0.6) is 0 Å². The van der Waals surface area contributed by atoms with E-state index >= 15 is 0 Å². The quantitative estimate of drug-likeness (QED) is 0.180. The molecule has 1 rings (SSSR count). The van der Waals surface area contributed by atoms with Crippen molar-refractivity contribution in [2.24, 2.45) is 29.1 Å². The third kappa shape index (κ3) is 9.21. The predicted octanol–water partition coefficient (Wildman–Crippen LogP) is 8.53. The average molecular weight is 516 g/mol. The first-order valence-corrected chi connectivity index (χ1v) is 17.1. The fraction of sp³-hybridized carbons (Fsp3) is 0.781. The van der Waals surface area contributed by atoms with E-state index in [4.69, 9.17) is 4.43 Å². The molecule has 0 spiro atoms. The molecule has 0 saturated heterocycles. The monoisotopic (exact) mass is 515 g/mol. The Morgan fingerprint density at radius 2 is 1.72 bits per heavy atom. The van der Waals surface area contributed by atoms with E-state index in [1.165, 1.54) is 31.3 Å². The third-order valence-electron chi connectivity index (χ3n) is 9.15. The Bertz CT molecular complexity index is 840. The van der Waals surface area contributed by atoms with Crippen LogP contribution >= 0.6 is 0 Å². The Labute approximate surface area is 225 Å². The number of amides is 1. The number of carbonyl (C=O) groups is 1. The highest BCUT2D eigenvalue weighted by Gasteiger charge is 2.42. The number of nitrogens with one attached hydrogen (secondary N) is 1. The zero-order chi connectivity index (χ0) is 27.9. The Kier molecular flexibility index (Phi) is 12.2. The first-order chi connectivity index (χ1) is 16.4. The van der Waals surface area contributed by atoms with Crippen molar-refractivity contribution in [3.8, 4) is 11.8 Å². The zero-order valence-corrected chi connectivity index (χ0v) is 26.8. The van der Waals surface area contributed by atoms with Gasteiger partial charge in [-0.2, -0.15) is 0 Å². The molecule has 206 valence electrons. The van der Waals surface area contributed by atoms with Gasteiger partial charge in [-0.05, 0) is 82.3 Å². The second kappa shape index (κ2) is 13.5. The highest BCUT2D eigenvalue weighted by molar-refractivity contribution is 6.74. The summed E-state index contributed by atoms with van der Waals surface area (Å²) in [5, 5.41) is 3.24. The van der Waals surface area contributed by atoms with Crippen LogP contribution in [0.25, 0.3) is 0 Å². The van der Waals surface area contributed by atoms with Gasteiger partial charge in [-0.15, -0.1) is 5.92 Å². The van der Waals surface area contributed by atoms with Crippen LogP contribution in [0, 0.1) is 40.9 Å². The molecule has 0 radical (unpaired) electrons. The van der Waals surface area contributed by atoms with Gasteiger partial charge in [0.1, 0.15) is 0 Å². The van der Waals surface area contributed by atoms with Crippen molar-refractivity contribution in [3.05, 3.63) is 23.8 Å². The molecule has 36 heavy (non-hydrogen) atoms. The average Bonchev–Trinajstić information content (AvgIpc) is 2.75. The van der Waals surface area contributed by atoms with E-state index in [0.717, 1.165) is 0 Å². The molecule has 1 amide bonds. The number of rotatable bonds is 10. The lowest BCUT2D eigenvalue weighted by molar-refractivity contribution is -0.120. The topological polar surface area (TPSA) is 38.3 Å². The minimum Gasteiger partial charge on any atom is -0.412 e. The van der Waals surface area contributed by atoms with Crippen molar-refractivity contribution in [2.75, 3.05) is 0 Å². The smallest absolute Gasteiger partial charge is 0.217 e. The second-order valence-corrected chi connectivity index (χ2v) is 18.1. The maximum Gasteiger partial charge on any atom is 0.217 e. The number of hydrogen-bond acceptors (Lipinski definition) is 2. The van der Waals surface area contributed by atoms with Crippen LogP contribution in [0.2, 0.25) is 18.1 Å². The van der Waals surface area contributed by atoms with Gasteiger partial charge < -0.3 is 9.74 Å². The predicted molar refractivity (Wildman–Crippen MR) is 159 cm³/mol. The molecule has 4 heteroatoms. The molecule has 7 atom stereocenters. The van der Waals surface area contributed by atoms with Crippen molar-refractivity contribution >= 4 is 14.2 Å². The fourth-order valence-electron chi connectivity index (χ4n) is 5.28. The summed E-state index contributed by atoms with van der Waals surface area (Å²) in [5.41, 5.74) is 1.43. The largest absolute Gasteiger partial charge is 0.412 e.